The predicted molar refractivity (Wildman–Crippen MR) is 219 cm³/mol. The van der Waals surface area contributed by atoms with Crippen molar-refractivity contribution in [1.82, 2.24) is 9.13 Å². The van der Waals surface area contributed by atoms with Crippen molar-refractivity contribution in [3.63, 3.8) is 0 Å². The molecule has 3 aromatic heterocycles. The smallest absolute Gasteiger partial charge is 0.0652 e. The molecular formula is C48H30N2S. The number of hydrogen-bond acceptors (Lipinski definition) is 1. The van der Waals surface area contributed by atoms with Crippen molar-refractivity contribution in [2.24, 2.45) is 0 Å². The van der Waals surface area contributed by atoms with E-state index in [0.717, 1.165) is 9.13 Å². The van der Waals surface area contributed by atoms with E-state index in [4.69, 9.17) is 26.0 Å². The lowest BCUT2D eigenvalue weighted by molar-refractivity contribution is 1.18. The van der Waals surface area contributed by atoms with E-state index in [0.29, 0.717) is 11.3 Å². The predicted octanol–water partition coefficient (Wildman–Crippen LogP) is 13.6. The van der Waals surface area contributed by atoms with Crippen LogP contribution in [0.25, 0.3) is 97.4 Å². The molecule has 11 aromatic rings. The number of fused-ring (bicyclic) bond motifs is 9. The highest BCUT2D eigenvalue weighted by Crippen LogP contribution is 2.42. The van der Waals surface area contributed by atoms with Crippen LogP contribution in [0.4, 0.5) is 0 Å². The van der Waals surface area contributed by atoms with Gasteiger partial charge in [0, 0.05) is 53.1 Å². The lowest BCUT2D eigenvalue weighted by atomic mass is 10.0. The van der Waals surface area contributed by atoms with Crippen LogP contribution in [-0.4, -0.2) is 9.13 Å². The molecule has 51 heavy (non-hydrogen) atoms. The van der Waals surface area contributed by atoms with Gasteiger partial charge < -0.3 is 9.13 Å². The number of para-hydroxylation sites is 3. The molecule has 3 heterocycles. The highest BCUT2D eigenvalue weighted by molar-refractivity contribution is 7.26. The molecule has 0 saturated carbocycles. The van der Waals surface area contributed by atoms with Crippen molar-refractivity contribution < 1.29 is 41.1 Å². The summed E-state index contributed by atoms with van der Waals surface area (Å²) in [5.74, 6) is 0. The van der Waals surface area contributed by atoms with Crippen molar-refractivity contribution in [1.29, 1.82) is 0 Å². The molecule has 0 spiro atoms. The summed E-state index contributed by atoms with van der Waals surface area (Å²) in [6.45, 7) is 0. The van der Waals surface area contributed by atoms with Crippen LogP contribution in [0.2, 0.25) is 0 Å². The molecule has 2 nitrogen and oxygen atoms in total. The number of benzene rings is 8. The first-order valence-corrected chi connectivity index (χ1v) is 15.8. The Labute approximate surface area is 340 Å². The van der Waals surface area contributed by atoms with Gasteiger partial charge in [0.05, 0.1) is 63.2 Å². The van der Waals surface area contributed by atoms with Gasteiger partial charge in [0.25, 0.3) is 0 Å². The van der Waals surface area contributed by atoms with E-state index in [1.54, 1.807) is 0 Å². The van der Waals surface area contributed by atoms with Gasteiger partial charge in [-0.05, 0) is 88.7 Å². The summed E-state index contributed by atoms with van der Waals surface area (Å²) in [6.07, 6.45) is 0. The Kier molecular flexibility index (Phi) is 2.56. The summed E-state index contributed by atoms with van der Waals surface area (Å²) in [7, 11) is 0. The van der Waals surface area contributed by atoms with Gasteiger partial charge in [-0.25, -0.2) is 0 Å². The molecule has 3 heteroatoms. The molecule has 0 amide bonds. The number of nitrogens with zero attached hydrogens (tertiary/aromatic N) is 2. The first-order chi connectivity index (χ1) is 37.8. The maximum Gasteiger partial charge on any atom is 0.0652 e. The number of thiophene rings is 1. The fourth-order valence-corrected chi connectivity index (χ4v) is 7.23. The van der Waals surface area contributed by atoms with Crippen molar-refractivity contribution >= 4 is 75.1 Å². The first-order valence-electron chi connectivity index (χ1n) is 30.0. The summed E-state index contributed by atoms with van der Waals surface area (Å²) >= 11 is 0.599. The number of rotatable bonds is 4. The fraction of sp³-hybridized carbons (Fsp3) is 0. The Balaban J connectivity index is 1.32. The van der Waals surface area contributed by atoms with Crippen LogP contribution in [-0.2, 0) is 0 Å². The average molecular weight is 697 g/mol. The summed E-state index contributed by atoms with van der Waals surface area (Å²) < 4.78 is 271. The summed E-state index contributed by atoms with van der Waals surface area (Å²) in [4.78, 5) is 0. The van der Waals surface area contributed by atoms with E-state index < -0.39 is 259 Å². The average Bonchev–Trinajstić information content (AvgIpc) is 4.27. The van der Waals surface area contributed by atoms with Crippen LogP contribution in [0.15, 0.2) is 181 Å². The van der Waals surface area contributed by atoms with E-state index in [1.807, 2.05) is 0 Å². The minimum Gasteiger partial charge on any atom is -0.309 e. The van der Waals surface area contributed by atoms with Crippen LogP contribution in [0.3, 0.4) is 0 Å². The Morgan fingerprint density at radius 2 is 0.902 bits per heavy atom. The summed E-state index contributed by atoms with van der Waals surface area (Å²) in [6, 6.07) is -26.2. The van der Waals surface area contributed by atoms with Crippen molar-refractivity contribution in [3.8, 4) is 33.6 Å². The lowest BCUT2D eigenvalue weighted by Crippen LogP contribution is -1.93. The molecule has 0 unspecified atom stereocenters. The van der Waals surface area contributed by atoms with Crippen LogP contribution in [0.5, 0.6) is 0 Å². The molecule has 238 valence electrons. The SMILES string of the molecule is [2H]c1c([2H])c([2H])c(-c2c([2H])c([2H])c([2H])c3c2sc2c([2H])c([2H])c(-n4c5c([2H])c([2H])c([2H])c([2H])c5c5c([2H])c(-c6c([2H])c([2H])c7c(c6[2H])c6c([2H])c([2H])c([2H])c([2H])c6n7-c6c([2H])c([2H])c([2H])c([2H])c6[2H])c([2H])c([2H])c54)c([2H])c23)c([2H])c1[2H]. The van der Waals surface area contributed by atoms with Crippen LogP contribution in [0, 0.1) is 0 Å². The number of hydrogen-bond donors (Lipinski definition) is 0. The molecule has 0 fully saturated rings. The quantitative estimate of drug-likeness (QED) is 0.173. The molecule has 0 radical (unpaired) electrons. The van der Waals surface area contributed by atoms with E-state index in [1.165, 1.54) is 0 Å². The van der Waals surface area contributed by atoms with Crippen LogP contribution in [0.1, 0.15) is 41.1 Å². The standard InChI is InChI=1S/C48H30N2S/c1-3-12-31(13-4-1)36-18-11-19-39-42-30-35(24-27-47(42)51-48(36)39)50-44-21-10-8-17-38(44)41-29-33(23-26-46(41)50)32-22-25-45-40(28-32)37-16-7-9-20-43(37)49(45)34-14-5-2-6-15-34/h1-30H/i1D,2D,3D,4D,5D,6D,7D,8D,9D,10D,11D,12D,13D,14D,15D,16D,17D,18D,19D,20D,21D,22D,23D,24D,25D,26D,27D,28D,29D,30D. The largest absolute Gasteiger partial charge is 0.309 e. The van der Waals surface area contributed by atoms with Crippen LogP contribution < -0.4 is 0 Å². The summed E-state index contributed by atoms with van der Waals surface area (Å²) in [5.41, 5.74) is -6.62. The van der Waals surface area contributed by atoms with Gasteiger partial charge in [0.1, 0.15) is 0 Å². The Bertz CT molecular complexity index is 4820. The van der Waals surface area contributed by atoms with E-state index in [-0.39, 0.29) is 20.2 Å². The molecule has 0 atom stereocenters. The molecule has 0 aliphatic heterocycles. The van der Waals surface area contributed by atoms with Gasteiger partial charge in [0.15, 0.2) is 0 Å². The third-order valence-corrected chi connectivity index (χ3v) is 9.42. The highest BCUT2D eigenvalue weighted by Gasteiger charge is 2.17. The first kappa shape index (κ1) is 11.8. The van der Waals surface area contributed by atoms with Crippen molar-refractivity contribution in [3.05, 3.63) is 181 Å². The zero-order chi connectivity index (χ0) is 59.6. The lowest BCUT2D eigenvalue weighted by Gasteiger charge is -2.10. The minimum atomic E-state index is -1.05. The third kappa shape index (κ3) is 4.29. The van der Waals surface area contributed by atoms with Gasteiger partial charge in [-0.3, -0.25) is 0 Å². The molecule has 0 aliphatic rings. The van der Waals surface area contributed by atoms with Gasteiger partial charge in [-0.2, -0.15) is 0 Å². The molecule has 0 saturated heterocycles. The molecular weight excluding hydrogens is 637 g/mol. The molecule has 0 N–H and O–H groups in total. The minimum absolute atomic E-state index is 0.208. The van der Waals surface area contributed by atoms with Gasteiger partial charge >= 0.3 is 0 Å². The molecule has 0 bridgehead atoms. The van der Waals surface area contributed by atoms with Crippen molar-refractivity contribution in [2.45, 2.75) is 0 Å². The zero-order valence-electron chi connectivity index (χ0n) is 55.3. The van der Waals surface area contributed by atoms with E-state index in [2.05, 4.69) is 0 Å². The third-order valence-electron chi connectivity index (χ3n) is 8.30. The molecule has 11 rings (SSSR count). The Morgan fingerprint density at radius 1 is 0.353 bits per heavy atom. The Morgan fingerprint density at radius 3 is 1.57 bits per heavy atom. The van der Waals surface area contributed by atoms with Crippen molar-refractivity contribution in [2.75, 3.05) is 0 Å². The highest BCUT2D eigenvalue weighted by atomic mass is 32.1. The second-order valence-electron chi connectivity index (χ2n) is 11.0. The number of aromatic nitrogens is 2. The van der Waals surface area contributed by atoms with E-state index >= 15 is 0 Å². The van der Waals surface area contributed by atoms with Gasteiger partial charge in [-0.15, -0.1) is 11.3 Å². The maximum atomic E-state index is 9.92. The van der Waals surface area contributed by atoms with Gasteiger partial charge in [-0.1, -0.05) is 115 Å². The normalized spacial score (nSPS) is 20.2. The molecule has 8 aromatic carbocycles. The van der Waals surface area contributed by atoms with Crippen LogP contribution >= 0.6 is 11.3 Å². The zero-order valence-corrected chi connectivity index (χ0v) is 26.1. The fourth-order valence-electron chi connectivity index (χ4n) is 6.16. The van der Waals surface area contributed by atoms with E-state index in [9.17, 15) is 15.1 Å². The maximum absolute atomic E-state index is 9.92. The second kappa shape index (κ2) is 11.0. The monoisotopic (exact) mass is 696 g/mol. The van der Waals surface area contributed by atoms with Gasteiger partial charge in [0.2, 0.25) is 0 Å². The summed E-state index contributed by atoms with van der Waals surface area (Å²) in [5, 5.41) is -3.11. The molecule has 0 aliphatic carbocycles. The topological polar surface area (TPSA) is 9.86 Å². The Hall–Kier alpha value is -6.42. The second-order valence-corrected chi connectivity index (χ2v) is 12.0.